The Kier molecular flexibility index (Phi) is 7.51. The van der Waals surface area contributed by atoms with Gasteiger partial charge in [-0.2, -0.15) is 4.98 Å². The van der Waals surface area contributed by atoms with Crippen molar-refractivity contribution in [1.82, 2.24) is 10.1 Å². The molecule has 2 aromatic carbocycles. The summed E-state index contributed by atoms with van der Waals surface area (Å²) in [6, 6.07) is 11.5. The van der Waals surface area contributed by atoms with Gasteiger partial charge in [-0.3, -0.25) is 9.00 Å². The standard InChI is InChI=1S/C27H30FN3O4S2/c1-27(2,37(3)33)26-29-25(30-35-26)20-14-22-23(15-21(20)28)36-13-10-24(32)31(22)16-17-4-6-18(7-5-17)19-8-11-34-12-9-19/h4-7,14-15,19H,8-13,16H2,1-3H3. The molecule has 10 heteroatoms. The van der Waals surface area contributed by atoms with E-state index in [0.29, 0.717) is 35.2 Å². The maximum Gasteiger partial charge on any atom is 0.245 e. The van der Waals surface area contributed by atoms with E-state index >= 15 is 4.39 Å². The average Bonchev–Trinajstić information content (AvgIpc) is 3.34. The van der Waals surface area contributed by atoms with E-state index in [1.807, 2.05) is 0 Å². The molecule has 3 aromatic rings. The molecule has 2 aliphatic rings. The van der Waals surface area contributed by atoms with Crippen molar-refractivity contribution in [2.75, 3.05) is 30.1 Å². The third kappa shape index (κ3) is 5.37. The van der Waals surface area contributed by atoms with E-state index in [9.17, 15) is 9.00 Å². The van der Waals surface area contributed by atoms with Crippen molar-refractivity contribution in [3.05, 3.63) is 59.2 Å². The number of fused-ring (bicyclic) bond motifs is 1. The first-order valence-electron chi connectivity index (χ1n) is 12.4. The molecule has 7 nitrogen and oxygen atoms in total. The molecule has 37 heavy (non-hydrogen) atoms. The second kappa shape index (κ2) is 10.7. The molecule has 2 aliphatic heterocycles. The van der Waals surface area contributed by atoms with Crippen molar-refractivity contribution in [2.24, 2.45) is 0 Å². The minimum Gasteiger partial charge on any atom is -0.381 e. The summed E-state index contributed by atoms with van der Waals surface area (Å²) in [5.41, 5.74) is 3.06. The van der Waals surface area contributed by atoms with E-state index in [1.165, 1.54) is 23.4 Å². The summed E-state index contributed by atoms with van der Waals surface area (Å²) >= 11 is 1.46. The highest BCUT2D eigenvalue weighted by Crippen LogP contribution is 2.40. The highest BCUT2D eigenvalue weighted by atomic mass is 32.2. The van der Waals surface area contributed by atoms with Crippen molar-refractivity contribution in [3.8, 4) is 11.4 Å². The molecule has 1 aromatic heterocycles. The molecule has 1 atom stereocenters. The van der Waals surface area contributed by atoms with Crippen LogP contribution in [0.2, 0.25) is 0 Å². The molecule has 0 N–H and O–H groups in total. The van der Waals surface area contributed by atoms with Gasteiger partial charge in [-0.1, -0.05) is 29.4 Å². The van der Waals surface area contributed by atoms with Gasteiger partial charge in [-0.25, -0.2) is 4.39 Å². The van der Waals surface area contributed by atoms with E-state index in [0.717, 1.165) is 31.6 Å². The average molecular weight is 544 g/mol. The van der Waals surface area contributed by atoms with Crippen molar-refractivity contribution in [3.63, 3.8) is 0 Å². The Balaban J connectivity index is 1.46. The highest BCUT2D eigenvalue weighted by Gasteiger charge is 2.33. The van der Waals surface area contributed by atoms with E-state index in [1.54, 1.807) is 31.1 Å². The van der Waals surface area contributed by atoms with Gasteiger partial charge < -0.3 is 14.2 Å². The van der Waals surface area contributed by atoms with Gasteiger partial charge in [-0.05, 0) is 55.9 Å². The first-order chi connectivity index (χ1) is 17.7. The number of benzene rings is 2. The summed E-state index contributed by atoms with van der Waals surface area (Å²) in [4.78, 5) is 19.9. The van der Waals surface area contributed by atoms with Gasteiger partial charge in [0.05, 0.1) is 17.8 Å². The minimum absolute atomic E-state index is 0.0198. The predicted molar refractivity (Wildman–Crippen MR) is 143 cm³/mol. The number of carbonyl (C=O) groups excluding carboxylic acids is 1. The van der Waals surface area contributed by atoms with Crippen LogP contribution in [0.4, 0.5) is 10.1 Å². The van der Waals surface area contributed by atoms with Crippen LogP contribution in [-0.2, 0) is 31.6 Å². The van der Waals surface area contributed by atoms with E-state index < -0.39 is 21.4 Å². The smallest absolute Gasteiger partial charge is 0.245 e. The number of rotatable bonds is 6. The number of hydrogen-bond acceptors (Lipinski definition) is 7. The second-order valence-electron chi connectivity index (χ2n) is 9.89. The fourth-order valence-corrected chi connectivity index (χ4v) is 5.87. The molecule has 196 valence electrons. The third-order valence-corrected chi connectivity index (χ3v) is 9.79. The van der Waals surface area contributed by atoms with Crippen LogP contribution >= 0.6 is 11.8 Å². The summed E-state index contributed by atoms with van der Waals surface area (Å²) in [5, 5.41) is 3.97. The number of halogens is 1. The molecule has 1 fully saturated rings. The van der Waals surface area contributed by atoms with Crippen LogP contribution in [0.3, 0.4) is 0 Å². The zero-order chi connectivity index (χ0) is 26.2. The molecule has 0 bridgehead atoms. The summed E-state index contributed by atoms with van der Waals surface area (Å²) in [6.45, 7) is 5.43. The van der Waals surface area contributed by atoms with Crippen molar-refractivity contribution in [1.29, 1.82) is 0 Å². The lowest BCUT2D eigenvalue weighted by molar-refractivity contribution is -0.118. The Bertz CT molecular complexity index is 1320. The number of aromatic nitrogens is 2. The van der Waals surface area contributed by atoms with Crippen LogP contribution in [0, 0.1) is 5.82 Å². The maximum absolute atomic E-state index is 15.2. The lowest BCUT2D eigenvalue weighted by Gasteiger charge is -2.25. The molecule has 0 spiro atoms. The Labute approximate surface area is 222 Å². The summed E-state index contributed by atoms with van der Waals surface area (Å²) in [5.74, 6) is 0.797. The van der Waals surface area contributed by atoms with Gasteiger partial charge in [-0.15, -0.1) is 11.8 Å². The first-order valence-corrected chi connectivity index (χ1v) is 14.9. The second-order valence-corrected chi connectivity index (χ2v) is 13.0. The molecule has 3 heterocycles. The topological polar surface area (TPSA) is 85.5 Å². The van der Waals surface area contributed by atoms with Crippen LogP contribution < -0.4 is 4.90 Å². The van der Waals surface area contributed by atoms with Crippen LogP contribution in [0.1, 0.15) is 56.0 Å². The van der Waals surface area contributed by atoms with Crippen molar-refractivity contribution < 1.29 is 22.7 Å². The van der Waals surface area contributed by atoms with Gasteiger partial charge in [0, 0.05) is 47.3 Å². The van der Waals surface area contributed by atoms with E-state index in [2.05, 4.69) is 34.4 Å². The van der Waals surface area contributed by atoms with Crippen molar-refractivity contribution in [2.45, 2.75) is 55.2 Å². The number of carbonyl (C=O) groups is 1. The van der Waals surface area contributed by atoms with Gasteiger partial charge in [0.1, 0.15) is 10.6 Å². The monoisotopic (exact) mass is 543 g/mol. The number of ether oxygens (including phenoxy) is 1. The van der Waals surface area contributed by atoms with Crippen molar-refractivity contribution >= 4 is 34.2 Å². The predicted octanol–water partition coefficient (Wildman–Crippen LogP) is 5.41. The molecule has 5 rings (SSSR count). The molecular weight excluding hydrogens is 513 g/mol. The molecule has 1 unspecified atom stereocenters. The fraction of sp³-hybridized carbons (Fsp3) is 0.444. The molecule has 0 saturated carbocycles. The van der Waals surface area contributed by atoms with E-state index in [4.69, 9.17) is 9.26 Å². The number of amides is 1. The number of hydrogen-bond donors (Lipinski definition) is 0. The van der Waals surface area contributed by atoms with Gasteiger partial charge >= 0.3 is 0 Å². The minimum atomic E-state index is -1.27. The van der Waals surface area contributed by atoms with Crippen LogP contribution in [-0.4, -0.2) is 45.5 Å². The van der Waals surface area contributed by atoms with Gasteiger partial charge in [0.2, 0.25) is 17.6 Å². The Morgan fingerprint density at radius 1 is 1.19 bits per heavy atom. The lowest BCUT2D eigenvalue weighted by Crippen LogP contribution is -2.30. The highest BCUT2D eigenvalue weighted by molar-refractivity contribution is 7.99. The molecule has 1 amide bonds. The zero-order valence-corrected chi connectivity index (χ0v) is 22.8. The van der Waals surface area contributed by atoms with Crippen LogP contribution in [0.25, 0.3) is 11.4 Å². The summed E-state index contributed by atoms with van der Waals surface area (Å²) in [6.07, 6.45) is 3.96. The Morgan fingerprint density at radius 2 is 1.92 bits per heavy atom. The number of nitrogens with zero attached hydrogens (tertiary/aromatic N) is 3. The summed E-state index contributed by atoms with van der Waals surface area (Å²) < 4.78 is 37.3. The number of anilines is 1. The third-order valence-electron chi connectivity index (χ3n) is 7.13. The Hall–Kier alpha value is -2.56. The molecule has 0 aliphatic carbocycles. The Morgan fingerprint density at radius 3 is 2.62 bits per heavy atom. The van der Waals surface area contributed by atoms with Gasteiger partial charge in [0.25, 0.3) is 0 Å². The fourth-order valence-electron chi connectivity index (χ4n) is 4.54. The maximum atomic E-state index is 15.2. The zero-order valence-electron chi connectivity index (χ0n) is 21.2. The normalized spacial score (nSPS) is 17.9. The van der Waals surface area contributed by atoms with Crippen LogP contribution in [0.15, 0.2) is 45.8 Å². The molecule has 1 saturated heterocycles. The lowest BCUT2D eigenvalue weighted by atomic mass is 9.91. The van der Waals surface area contributed by atoms with Crippen LogP contribution in [0.5, 0.6) is 0 Å². The molecular formula is C27H30FN3O4S2. The van der Waals surface area contributed by atoms with Gasteiger partial charge in [0.15, 0.2) is 0 Å². The summed E-state index contributed by atoms with van der Waals surface area (Å²) in [7, 11) is -1.27. The van der Waals surface area contributed by atoms with E-state index in [-0.39, 0.29) is 23.2 Å². The first kappa shape index (κ1) is 26.1. The number of thioether (sulfide) groups is 1. The molecule has 0 radical (unpaired) electrons. The quantitative estimate of drug-likeness (QED) is 0.411. The largest absolute Gasteiger partial charge is 0.381 e. The SMILES string of the molecule is CS(=O)C(C)(C)c1nc(-c2cc3c(cc2F)SCCC(=O)N3Cc2ccc(C3CCOCC3)cc2)no1.